The van der Waals surface area contributed by atoms with E-state index in [0.29, 0.717) is 24.2 Å². The molecule has 9 atom stereocenters. The highest BCUT2D eigenvalue weighted by Gasteiger charge is 2.68. The van der Waals surface area contributed by atoms with E-state index >= 15 is 0 Å². The van der Waals surface area contributed by atoms with Crippen molar-refractivity contribution >= 4 is 11.9 Å². The van der Waals surface area contributed by atoms with E-state index in [1.54, 1.807) is 7.11 Å². The molecule has 4 aliphatic rings. The van der Waals surface area contributed by atoms with E-state index in [-0.39, 0.29) is 28.9 Å². The largest absolute Gasteiger partial charge is 0.462 e. The first-order chi connectivity index (χ1) is 14.1. The molecule has 170 valence electrons. The van der Waals surface area contributed by atoms with Crippen LogP contribution in [0.3, 0.4) is 0 Å². The average Bonchev–Trinajstić information content (AvgIpc) is 3.00. The van der Waals surface area contributed by atoms with E-state index in [4.69, 9.17) is 14.2 Å². The molecule has 0 amide bonds. The zero-order valence-electron chi connectivity index (χ0n) is 19.1. The molecule has 0 unspecified atom stereocenters. The molecule has 0 aromatic carbocycles. The molecule has 1 N–H and O–H groups in total. The van der Waals surface area contributed by atoms with Crippen molar-refractivity contribution in [2.45, 2.75) is 103 Å². The van der Waals surface area contributed by atoms with Gasteiger partial charge in [-0.3, -0.25) is 9.59 Å². The van der Waals surface area contributed by atoms with Crippen LogP contribution in [0.5, 0.6) is 0 Å². The Morgan fingerprint density at radius 2 is 1.57 bits per heavy atom. The summed E-state index contributed by atoms with van der Waals surface area (Å²) in [5.74, 6) is 1.02. The first kappa shape index (κ1) is 22.1. The third-order valence-corrected chi connectivity index (χ3v) is 9.75. The Morgan fingerprint density at radius 1 is 0.867 bits per heavy atom. The van der Waals surface area contributed by atoms with Crippen LogP contribution in [0, 0.1) is 28.6 Å². The summed E-state index contributed by atoms with van der Waals surface area (Å²) in [5, 5.41) is 11.3. The molecule has 4 rings (SSSR count). The lowest BCUT2D eigenvalue weighted by Gasteiger charge is -2.66. The topological polar surface area (TPSA) is 82.1 Å². The summed E-state index contributed by atoms with van der Waals surface area (Å²) >= 11 is 0. The summed E-state index contributed by atoms with van der Waals surface area (Å²) in [7, 11) is 1.71. The van der Waals surface area contributed by atoms with Crippen LogP contribution in [0.1, 0.15) is 79.1 Å². The fourth-order valence-electron chi connectivity index (χ4n) is 8.38. The Kier molecular flexibility index (Phi) is 5.50. The lowest BCUT2D eigenvalue weighted by Crippen LogP contribution is -2.70. The monoisotopic (exact) mass is 422 g/mol. The number of aliphatic hydroxyl groups excluding tert-OH is 1. The van der Waals surface area contributed by atoms with E-state index in [2.05, 4.69) is 13.8 Å². The van der Waals surface area contributed by atoms with Gasteiger partial charge in [-0.2, -0.15) is 0 Å². The van der Waals surface area contributed by atoms with Crippen molar-refractivity contribution < 1.29 is 28.9 Å². The molecular weight excluding hydrogens is 384 g/mol. The second-order valence-corrected chi connectivity index (χ2v) is 10.8. The van der Waals surface area contributed by atoms with Crippen LogP contribution >= 0.6 is 0 Å². The minimum absolute atomic E-state index is 0.0214. The number of carbonyl (C=O) groups is 2. The molecule has 0 aromatic rings. The highest BCUT2D eigenvalue weighted by Crippen LogP contribution is 2.68. The molecule has 6 heteroatoms. The van der Waals surface area contributed by atoms with Gasteiger partial charge in [0.1, 0.15) is 23.9 Å². The zero-order chi connectivity index (χ0) is 21.9. The third kappa shape index (κ3) is 2.96. The number of aliphatic hydroxyl groups is 1. The maximum atomic E-state index is 11.7. The maximum absolute atomic E-state index is 11.7. The molecule has 6 nitrogen and oxygen atoms in total. The molecule has 0 saturated heterocycles. The van der Waals surface area contributed by atoms with Crippen LogP contribution in [0.25, 0.3) is 0 Å². The van der Waals surface area contributed by atoms with Crippen molar-refractivity contribution in [2.24, 2.45) is 28.6 Å². The molecule has 4 saturated carbocycles. The number of rotatable bonds is 3. The normalized spacial score (nSPS) is 50.1. The van der Waals surface area contributed by atoms with Crippen molar-refractivity contribution in [2.75, 3.05) is 7.11 Å². The van der Waals surface area contributed by atoms with Gasteiger partial charge in [-0.1, -0.05) is 13.8 Å². The lowest BCUT2D eigenvalue weighted by atomic mass is 9.43. The zero-order valence-corrected chi connectivity index (χ0v) is 19.1. The number of methoxy groups -OCH3 is 1. The van der Waals surface area contributed by atoms with E-state index in [0.717, 1.165) is 44.9 Å². The lowest BCUT2D eigenvalue weighted by molar-refractivity contribution is -0.281. The molecule has 0 radical (unpaired) electrons. The van der Waals surface area contributed by atoms with Gasteiger partial charge in [0, 0.05) is 31.8 Å². The van der Waals surface area contributed by atoms with Gasteiger partial charge in [0.2, 0.25) is 0 Å². The second kappa shape index (κ2) is 7.47. The Morgan fingerprint density at radius 3 is 2.20 bits per heavy atom. The van der Waals surface area contributed by atoms with Gasteiger partial charge in [-0.15, -0.1) is 0 Å². The second-order valence-electron chi connectivity index (χ2n) is 10.8. The predicted molar refractivity (Wildman–Crippen MR) is 110 cm³/mol. The molecular formula is C24H38O6. The van der Waals surface area contributed by atoms with Gasteiger partial charge in [-0.25, -0.2) is 0 Å². The molecule has 4 aliphatic carbocycles. The summed E-state index contributed by atoms with van der Waals surface area (Å²) in [5.41, 5.74) is -0.806. The summed E-state index contributed by atoms with van der Waals surface area (Å²) < 4.78 is 17.4. The maximum Gasteiger partial charge on any atom is 0.302 e. The van der Waals surface area contributed by atoms with Crippen LogP contribution in [-0.2, 0) is 23.8 Å². The standard InChI is InChI=1S/C24H38O6/c1-14(25)29-19-10-12-23(4)18-9-11-22(3)17(6-7-20(22)30-15(2)26)16(18)8-13-24(23,28-5)21(19)27/h16-21,27H,6-13H2,1-5H3/t16-,17-,18-,19-,20-,21-,22-,23+,24+/m0/s1. The minimum Gasteiger partial charge on any atom is -0.462 e. The van der Waals surface area contributed by atoms with Crippen LogP contribution < -0.4 is 0 Å². The summed E-state index contributed by atoms with van der Waals surface area (Å²) in [6.07, 6.45) is 6.17. The predicted octanol–water partition coefficient (Wildman–Crippen LogP) is 3.63. The number of carbonyl (C=O) groups excluding carboxylic acids is 2. The number of ether oxygens (including phenoxy) is 3. The van der Waals surface area contributed by atoms with E-state index < -0.39 is 17.8 Å². The van der Waals surface area contributed by atoms with E-state index in [1.807, 2.05) is 0 Å². The molecule has 4 fully saturated rings. The molecule has 0 spiro atoms. The van der Waals surface area contributed by atoms with E-state index in [9.17, 15) is 14.7 Å². The first-order valence-corrected chi connectivity index (χ1v) is 11.7. The summed E-state index contributed by atoms with van der Waals surface area (Å²) in [6, 6.07) is 0. The van der Waals surface area contributed by atoms with E-state index in [1.165, 1.54) is 13.8 Å². The molecule has 0 heterocycles. The van der Waals surface area contributed by atoms with Gasteiger partial charge < -0.3 is 19.3 Å². The number of hydrogen-bond donors (Lipinski definition) is 1. The highest BCUT2D eigenvalue weighted by molar-refractivity contribution is 5.66. The number of hydrogen-bond acceptors (Lipinski definition) is 6. The smallest absolute Gasteiger partial charge is 0.302 e. The van der Waals surface area contributed by atoms with Crippen molar-refractivity contribution in [3.63, 3.8) is 0 Å². The van der Waals surface area contributed by atoms with Crippen LogP contribution in [0.15, 0.2) is 0 Å². The van der Waals surface area contributed by atoms with Gasteiger partial charge in [0.25, 0.3) is 0 Å². The minimum atomic E-state index is -0.809. The number of fused-ring (bicyclic) bond motifs is 5. The average molecular weight is 423 g/mol. The highest BCUT2D eigenvalue weighted by atomic mass is 16.6. The van der Waals surface area contributed by atoms with Crippen molar-refractivity contribution in [1.29, 1.82) is 0 Å². The third-order valence-electron chi connectivity index (χ3n) is 9.75. The van der Waals surface area contributed by atoms with Crippen molar-refractivity contribution in [3.8, 4) is 0 Å². The SMILES string of the molecule is CO[C@@]12CC[C@H]3[C@@H]4CC[C@H](OC(C)=O)[C@@]4(C)CC[C@@H]3[C@@]1(C)CC[C@H](OC(C)=O)[C@@H]2O. The van der Waals surface area contributed by atoms with Gasteiger partial charge >= 0.3 is 11.9 Å². The molecule has 0 bridgehead atoms. The Bertz CT molecular complexity index is 708. The Balaban J connectivity index is 1.62. The summed E-state index contributed by atoms with van der Waals surface area (Å²) in [4.78, 5) is 23.2. The quantitative estimate of drug-likeness (QED) is 0.700. The molecule has 30 heavy (non-hydrogen) atoms. The van der Waals surface area contributed by atoms with Crippen molar-refractivity contribution in [3.05, 3.63) is 0 Å². The van der Waals surface area contributed by atoms with Gasteiger partial charge in [0.15, 0.2) is 0 Å². The Labute approximate surface area is 180 Å². The molecule has 0 aromatic heterocycles. The Hall–Kier alpha value is -1.14. The van der Waals surface area contributed by atoms with Gasteiger partial charge in [-0.05, 0) is 69.1 Å². The van der Waals surface area contributed by atoms with Crippen LogP contribution in [0.2, 0.25) is 0 Å². The summed E-state index contributed by atoms with van der Waals surface area (Å²) in [6.45, 7) is 7.53. The molecule has 0 aliphatic heterocycles. The fourth-order valence-corrected chi connectivity index (χ4v) is 8.38. The van der Waals surface area contributed by atoms with Crippen LogP contribution in [-0.4, -0.2) is 48.1 Å². The fraction of sp³-hybridized carbons (Fsp3) is 0.917. The number of esters is 2. The first-order valence-electron chi connectivity index (χ1n) is 11.7. The van der Waals surface area contributed by atoms with Crippen molar-refractivity contribution in [1.82, 2.24) is 0 Å². The van der Waals surface area contributed by atoms with Crippen LogP contribution in [0.4, 0.5) is 0 Å². The van der Waals surface area contributed by atoms with Gasteiger partial charge in [0.05, 0.1) is 0 Å².